The maximum Gasteiger partial charge on any atom is 0.252 e. The van der Waals surface area contributed by atoms with Crippen LogP contribution in [-0.4, -0.2) is 12.3 Å². The molecule has 4 nitrogen and oxygen atoms in total. The predicted molar refractivity (Wildman–Crippen MR) is 294 cm³/mol. The summed E-state index contributed by atoms with van der Waals surface area (Å²) in [6, 6.07) is 70.8. The Labute approximate surface area is 406 Å². The summed E-state index contributed by atoms with van der Waals surface area (Å²) in [7, 11) is 0. The monoisotopic (exact) mass is 905 g/mol. The van der Waals surface area contributed by atoms with E-state index in [2.05, 4.69) is 224 Å². The standard InChI is InChI=1S/C63H48BN3OS/c1-39-34-55-60-56(35-39)66(52-23-15-20-47-46-19-8-12-25-59(46)69-61(47)52)54-37-43(67-51-22-10-9-21-48(51)62(2)32-13-14-33-63(62,67)3)28-31-50(54)64(60)49-30-26-41(40-16-5-4-6-17-40)36-53(49)65(55)42-27-29-45-44-18-7-11-24-57(44)68-58(45)38-42/h4-12,15-31,34-38H,13-14,32-33H2,1-3H3. The quantitative estimate of drug-likeness (QED) is 0.164. The van der Waals surface area contributed by atoms with Gasteiger partial charge in [-0.05, 0) is 132 Å². The van der Waals surface area contributed by atoms with Crippen LogP contribution in [0.5, 0.6) is 0 Å². The number of benzene rings is 9. The van der Waals surface area contributed by atoms with Gasteiger partial charge in [0.1, 0.15) is 11.2 Å². The van der Waals surface area contributed by atoms with E-state index in [-0.39, 0.29) is 17.7 Å². The molecule has 0 amide bonds. The number of thiophene rings is 1. The van der Waals surface area contributed by atoms with E-state index >= 15 is 0 Å². The molecule has 2 aromatic heterocycles. The second-order valence-corrected chi connectivity index (χ2v) is 21.5. The lowest BCUT2D eigenvalue weighted by Crippen LogP contribution is -2.61. The third kappa shape index (κ3) is 5.35. The van der Waals surface area contributed by atoms with Gasteiger partial charge in [-0.25, -0.2) is 0 Å². The van der Waals surface area contributed by atoms with Crippen molar-refractivity contribution in [3.8, 4) is 11.1 Å². The average molecular weight is 906 g/mol. The van der Waals surface area contributed by atoms with Crippen LogP contribution in [0.3, 0.4) is 0 Å². The second kappa shape index (κ2) is 14.3. The number of para-hydroxylation sites is 2. The van der Waals surface area contributed by atoms with Crippen LogP contribution in [-0.2, 0) is 5.41 Å². The molecule has 11 aromatic rings. The first kappa shape index (κ1) is 39.5. The highest BCUT2D eigenvalue weighted by Gasteiger charge is 2.57. The van der Waals surface area contributed by atoms with Gasteiger partial charge in [-0.2, -0.15) is 0 Å². The largest absolute Gasteiger partial charge is 0.456 e. The van der Waals surface area contributed by atoms with E-state index in [4.69, 9.17) is 4.42 Å². The minimum atomic E-state index is -0.0669. The minimum absolute atomic E-state index is 0.0232. The van der Waals surface area contributed by atoms with Gasteiger partial charge in [0.15, 0.2) is 0 Å². The predicted octanol–water partition coefficient (Wildman–Crippen LogP) is 15.8. The zero-order valence-corrected chi connectivity index (χ0v) is 39.8. The maximum atomic E-state index is 6.62. The molecule has 0 radical (unpaired) electrons. The Kier molecular flexibility index (Phi) is 8.15. The molecule has 0 saturated heterocycles. The summed E-state index contributed by atoms with van der Waals surface area (Å²) in [5.41, 5.74) is 20.6. The summed E-state index contributed by atoms with van der Waals surface area (Å²) in [5, 5.41) is 4.87. The summed E-state index contributed by atoms with van der Waals surface area (Å²) in [6.07, 6.45) is 4.85. The number of rotatable bonds is 4. The highest BCUT2D eigenvalue weighted by atomic mass is 32.1. The van der Waals surface area contributed by atoms with Gasteiger partial charge in [-0.1, -0.05) is 135 Å². The Morgan fingerprint density at radius 3 is 2.06 bits per heavy atom. The number of fused-ring (bicyclic) bond motifs is 13. The van der Waals surface area contributed by atoms with Crippen LogP contribution in [0.4, 0.5) is 45.5 Å². The Balaban J connectivity index is 1.02. The van der Waals surface area contributed by atoms with Crippen molar-refractivity contribution >= 4 is 122 Å². The average Bonchev–Trinajstić information content (AvgIpc) is 4.02. The van der Waals surface area contributed by atoms with E-state index in [1.807, 2.05) is 11.3 Å². The molecule has 5 heterocycles. The molecule has 3 aliphatic heterocycles. The molecule has 2 atom stereocenters. The van der Waals surface area contributed by atoms with Crippen LogP contribution in [0.15, 0.2) is 192 Å². The minimum Gasteiger partial charge on any atom is -0.456 e. The molecule has 0 bridgehead atoms. The first-order valence-corrected chi connectivity index (χ1v) is 25.5. The topological polar surface area (TPSA) is 22.9 Å². The summed E-state index contributed by atoms with van der Waals surface area (Å²) < 4.78 is 9.24. The second-order valence-electron chi connectivity index (χ2n) is 20.4. The maximum absolute atomic E-state index is 6.62. The molecule has 1 aliphatic carbocycles. The fourth-order valence-corrected chi connectivity index (χ4v) is 14.7. The molecule has 15 rings (SSSR count). The highest BCUT2D eigenvalue weighted by molar-refractivity contribution is 7.26. The van der Waals surface area contributed by atoms with Crippen LogP contribution in [0, 0.1) is 6.92 Å². The lowest BCUT2D eigenvalue weighted by molar-refractivity contribution is 0.195. The summed E-state index contributed by atoms with van der Waals surface area (Å²) in [6.45, 7) is 7.34. The van der Waals surface area contributed by atoms with E-state index in [9.17, 15) is 0 Å². The molecule has 330 valence electrons. The molecule has 69 heavy (non-hydrogen) atoms. The number of nitrogens with zero attached hydrogens (tertiary/aromatic N) is 3. The van der Waals surface area contributed by atoms with Crippen LogP contribution >= 0.6 is 11.3 Å². The van der Waals surface area contributed by atoms with Crippen molar-refractivity contribution in [2.24, 2.45) is 0 Å². The van der Waals surface area contributed by atoms with Crippen molar-refractivity contribution in [3.63, 3.8) is 0 Å². The number of furan rings is 1. The molecule has 1 saturated carbocycles. The summed E-state index contributed by atoms with van der Waals surface area (Å²) in [4.78, 5) is 7.92. The third-order valence-electron chi connectivity index (χ3n) is 16.8. The summed E-state index contributed by atoms with van der Waals surface area (Å²) >= 11 is 1.91. The fraction of sp³-hybridized carbons (Fsp3) is 0.143. The molecule has 0 N–H and O–H groups in total. The van der Waals surface area contributed by atoms with Gasteiger partial charge < -0.3 is 19.1 Å². The lowest BCUT2D eigenvalue weighted by Gasteiger charge is -2.50. The first-order valence-electron chi connectivity index (χ1n) is 24.7. The van der Waals surface area contributed by atoms with Gasteiger partial charge in [0.05, 0.1) is 15.9 Å². The Morgan fingerprint density at radius 2 is 1.17 bits per heavy atom. The Hall–Kier alpha value is -7.54. The summed E-state index contributed by atoms with van der Waals surface area (Å²) in [5.74, 6) is 0. The Morgan fingerprint density at radius 1 is 0.493 bits per heavy atom. The smallest absolute Gasteiger partial charge is 0.252 e. The zero-order valence-electron chi connectivity index (χ0n) is 39.0. The van der Waals surface area contributed by atoms with E-state index in [1.54, 1.807) is 0 Å². The molecule has 1 fully saturated rings. The van der Waals surface area contributed by atoms with Crippen molar-refractivity contribution in [2.75, 3.05) is 14.7 Å². The van der Waals surface area contributed by atoms with Gasteiger partial charge in [0.2, 0.25) is 0 Å². The number of aryl methyl sites for hydroxylation is 1. The first-order chi connectivity index (χ1) is 33.9. The van der Waals surface area contributed by atoms with Crippen LogP contribution in [0.1, 0.15) is 50.7 Å². The van der Waals surface area contributed by atoms with Crippen LogP contribution in [0.2, 0.25) is 0 Å². The number of hydrogen-bond donors (Lipinski definition) is 0. The number of hydrogen-bond acceptors (Lipinski definition) is 5. The van der Waals surface area contributed by atoms with E-state index < -0.39 is 0 Å². The lowest BCUT2D eigenvalue weighted by atomic mass is 9.33. The van der Waals surface area contributed by atoms with E-state index in [0.717, 1.165) is 34.0 Å². The van der Waals surface area contributed by atoms with E-state index in [0.29, 0.717) is 0 Å². The van der Waals surface area contributed by atoms with Gasteiger partial charge in [-0.3, -0.25) is 0 Å². The van der Waals surface area contributed by atoms with Crippen molar-refractivity contribution in [2.45, 2.75) is 57.4 Å². The van der Waals surface area contributed by atoms with Crippen molar-refractivity contribution in [3.05, 3.63) is 199 Å². The third-order valence-corrected chi connectivity index (χ3v) is 18.0. The van der Waals surface area contributed by atoms with Gasteiger partial charge in [0.25, 0.3) is 6.71 Å². The van der Waals surface area contributed by atoms with Crippen LogP contribution < -0.4 is 31.1 Å². The van der Waals surface area contributed by atoms with Crippen molar-refractivity contribution in [1.29, 1.82) is 0 Å². The zero-order chi connectivity index (χ0) is 45.8. The highest BCUT2D eigenvalue weighted by Crippen LogP contribution is 2.61. The van der Waals surface area contributed by atoms with Crippen molar-refractivity contribution < 1.29 is 4.42 Å². The SMILES string of the molecule is Cc1cc2c3c(c1)N(c1cccc4c1sc1ccccc14)c1cc(N4c5ccccc5C5(C)CCCCC45C)ccc1B3c1ccc(-c3ccccc3)cc1N2c1ccc2c(c1)oc1ccccc12. The molecular weight excluding hydrogens is 858 g/mol. The van der Waals surface area contributed by atoms with Crippen LogP contribution in [0.25, 0.3) is 53.2 Å². The normalized spacial score (nSPS) is 19.0. The van der Waals surface area contributed by atoms with Gasteiger partial charge in [-0.15, -0.1) is 11.3 Å². The number of anilines is 8. The van der Waals surface area contributed by atoms with Gasteiger partial charge >= 0.3 is 0 Å². The molecule has 0 spiro atoms. The van der Waals surface area contributed by atoms with Crippen molar-refractivity contribution in [1.82, 2.24) is 0 Å². The molecule has 4 aliphatic rings. The molecular formula is C63H48BN3OS. The molecule has 9 aromatic carbocycles. The van der Waals surface area contributed by atoms with Gasteiger partial charge in [0, 0.05) is 77.5 Å². The Bertz CT molecular complexity index is 3970. The fourth-order valence-electron chi connectivity index (χ4n) is 13.5. The molecule has 2 unspecified atom stereocenters. The van der Waals surface area contributed by atoms with E-state index in [1.165, 1.54) is 118 Å². The molecule has 6 heteroatoms.